The zero-order chi connectivity index (χ0) is 26.2. The van der Waals surface area contributed by atoms with Crippen LogP contribution in [-0.4, -0.2) is 57.6 Å². The van der Waals surface area contributed by atoms with E-state index in [-0.39, 0.29) is 18.3 Å². The van der Waals surface area contributed by atoms with Gasteiger partial charge in [0.1, 0.15) is 0 Å². The van der Waals surface area contributed by atoms with E-state index in [0.717, 1.165) is 11.1 Å². The van der Waals surface area contributed by atoms with Crippen LogP contribution in [0.5, 0.6) is 5.75 Å². The second kappa shape index (κ2) is 9.74. The molecule has 11 heteroatoms. The van der Waals surface area contributed by atoms with E-state index in [2.05, 4.69) is 4.98 Å². The first-order valence-electron chi connectivity index (χ1n) is 11.8. The van der Waals surface area contributed by atoms with Gasteiger partial charge in [0.05, 0.1) is 48.7 Å². The molecule has 0 bridgehead atoms. The molecule has 1 aromatic heterocycles. The van der Waals surface area contributed by atoms with Gasteiger partial charge in [-0.05, 0) is 60.9 Å². The van der Waals surface area contributed by atoms with Gasteiger partial charge in [-0.1, -0.05) is 18.2 Å². The summed E-state index contributed by atoms with van der Waals surface area (Å²) in [7, 11) is -1.96. The van der Waals surface area contributed by atoms with E-state index < -0.39 is 22.2 Å². The Morgan fingerprint density at radius 2 is 1.76 bits per heavy atom. The molecule has 2 aromatic carbocycles. The average Bonchev–Trinajstić information content (AvgIpc) is 3.27. The van der Waals surface area contributed by atoms with Crippen LogP contribution in [0.15, 0.2) is 67.0 Å². The maximum absolute atomic E-state index is 13.2. The van der Waals surface area contributed by atoms with Crippen molar-refractivity contribution in [2.24, 2.45) is 0 Å². The van der Waals surface area contributed by atoms with Crippen LogP contribution in [0.2, 0.25) is 0 Å². The molecule has 2 aliphatic heterocycles. The van der Waals surface area contributed by atoms with Crippen LogP contribution in [-0.2, 0) is 14.8 Å². The Morgan fingerprint density at radius 3 is 2.41 bits per heavy atom. The topological polar surface area (TPSA) is 109 Å². The molecule has 1 saturated heterocycles. The zero-order valence-corrected chi connectivity index (χ0v) is 21.2. The van der Waals surface area contributed by atoms with Crippen molar-refractivity contribution in [1.29, 1.82) is 0 Å². The molecule has 0 unspecified atom stereocenters. The monoisotopic (exact) mass is 522 g/mol. The van der Waals surface area contributed by atoms with Crippen LogP contribution >= 0.6 is 0 Å². The number of aromatic nitrogens is 1. The first kappa shape index (κ1) is 24.6. The van der Waals surface area contributed by atoms with Crippen LogP contribution in [0.25, 0.3) is 11.1 Å². The lowest BCUT2D eigenvalue weighted by molar-refractivity contribution is 0.175. The van der Waals surface area contributed by atoms with Gasteiger partial charge < -0.3 is 9.47 Å². The molecule has 1 fully saturated rings. The molecule has 3 heterocycles. The normalized spacial score (nSPS) is 18.3. The van der Waals surface area contributed by atoms with Gasteiger partial charge >= 0.3 is 12.2 Å². The largest absolute Gasteiger partial charge is 0.452 e. The van der Waals surface area contributed by atoms with Gasteiger partial charge in [-0.15, -0.1) is 0 Å². The number of carbonyl (C=O) groups is 2. The summed E-state index contributed by atoms with van der Waals surface area (Å²) in [6.07, 6.45) is 2.51. The average molecular weight is 523 g/mol. The summed E-state index contributed by atoms with van der Waals surface area (Å²) < 4.78 is 36.5. The fourth-order valence-corrected chi connectivity index (χ4v) is 6.23. The number of ether oxygens (including phenoxy) is 2. The van der Waals surface area contributed by atoms with Crippen molar-refractivity contribution >= 4 is 39.3 Å². The predicted octanol–water partition coefficient (Wildman–Crippen LogP) is 4.27. The van der Waals surface area contributed by atoms with Crippen molar-refractivity contribution in [3.05, 3.63) is 67.0 Å². The first-order chi connectivity index (χ1) is 17.8. The van der Waals surface area contributed by atoms with Crippen molar-refractivity contribution in [3.63, 3.8) is 0 Å². The molecule has 5 rings (SSSR count). The molecule has 3 aromatic rings. The molecule has 0 N–H and O–H groups in total. The standard InChI is InChI=1S/C26H26N4O6S/c1-18-17-28(25(31)36-22-5-3-12-27-16-22)24-15-20(8-11-23(24)30(18)26(32)35-2)19-6-9-21(10-7-19)29-13-4-14-37(29,33)34/h3,5-12,15-16,18H,4,13-14,17H2,1-2H3/t18-/m0/s1. The third kappa shape index (κ3) is 4.69. The number of fused-ring (bicyclic) bond motifs is 1. The molecular formula is C26H26N4O6S. The molecule has 2 amide bonds. The Hall–Kier alpha value is -4.12. The SMILES string of the molecule is COC(=O)N1c2ccc(-c3ccc(N4CCCS4(=O)=O)cc3)cc2N(C(=O)Oc2cccnc2)C[C@@H]1C. The highest BCUT2D eigenvalue weighted by Gasteiger charge is 2.36. The van der Waals surface area contributed by atoms with Crippen molar-refractivity contribution in [3.8, 4) is 16.9 Å². The number of hydrogen-bond acceptors (Lipinski definition) is 7. The van der Waals surface area contributed by atoms with Gasteiger partial charge in [0.15, 0.2) is 5.75 Å². The summed E-state index contributed by atoms with van der Waals surface area (Å²) in [6, 6.07) is 15.6. The molecule has 37 heavy (non-hydrogen) atoms. The molecule has 192 valence electrons. The predicted molar refractivity (Wildman–Crippen MR) is 140 cm³/mol. The van der Waals surface area contributed by atoms with E-state index in [9.17, 15) is 18.0 Å². The summed E-state index contributed by atoms with van der Waals surface area (Å²) in [5.74, 6) is 0.459. The molecule has 0 radical (unpaired) electrons. The number of amides is 2. The van der Waals surface area contributed by atoms with Crippen LogP contribution < -0.4 is 18.8 Å². The minimum absolute atomic E-state index is 0.152. The van der Waals surface area contributed by atoms with Gasteiger partial charge in [0.2, 0.25) is 10.0 Å². The maximum atomic E-state index is 13.2. The Balaban J connectivity index is 1.51. The fraction of sp³-hybridized carbons (Fsp3) is 0.269. The van der Waals surface area contributed by atoms with E-state index in [1.54, 1.807) is 36.5 Å². The summed E-state index contributed by atoms with van der Waals surface area (Å²) in [4.78, 5) is 32.8. The lowest BCUT2D eigenvalue weighted by Gasteiger charge is -2.39. The van der Waals surface area contributed by atoms with Gasteiger partial charge in [-0.25, -0.2) is 18.0 Å². The number of sulfonamides is 1. The number of benzene rings is 2. The lowest BCUT2D eigenvalue weighted by atomic mass is 10.0. The summed E-state index contributed by atoms with van der Waals surface area (Å²) in [5.41, 5.74) is 3.23. The van der Waals surface area contributed by atoms with E-state index in [0.29, 0.717) is 35.8 Å². The molecule has 0 aliphatic carbocycles. The summed E-state index contributed by atoms with van der Waals surface area (Å²) in [5, 5.41) is 0. The van der Waals surface area contributed by atoms with Crippen LogP contribution in [0, 0.1) is 0 Å². The number of rotatable bonds is 3. The summed E-state index contributed by atoms with van der Waals surface area (Å²) in [6.45, 7) is 2.48. The Labute approximate surface area is 215 Å². The second-order valence-corrected chi connectivity index (χ2v) is 10.9. The van der Waals surface area contributed by atoms with Crippen molar-refractivity contribution < 1.29 is 27.5 Å². The third-order valence-electron chi connectivity index (χ3n) is 6.43. The Morgan fingerprint density at radius 1 is 1.00 bits per heavy atom. The minimum atomic E-state index is -3.27. The van der Waals surface area contributed by atoms with E-state index in [1.807, 2.05) is 31.2 Å². The highest BCUT2D eigenvalue weighted by Crippen LogP contribution is 2.40. The van der Waals surface area contributed by atoms with E-state index in [1.165, 1.54) is 27.4 Å². The van der Waals surface area contributed by atoms with Gasteiger partial charge in [-0.2, -0.15) is 0 Å². The number of hydrogen-bond donors (Lipinski definition) is 0. The van der Waals surface area contributed by atoms with Crippen LogP contribution in [0.3, 0.4) is 0 Å². The highest BCUT2D eigenvalue weighted by atomic mass is 32.2. The van der Waals surface area contributed by atoms with E-state index in [4.69, 9.17) is 9.47 Å². The number of methoxy groups -OCH3 is 1. The van der Waals surface area contributed by atoms with Gasteiger partial charge in [-0.3, -0.25) is 19.1 Å². The quantitative estimate of drug-likeness (QED) is 0.505. The van der Waals surface area contributed by atoms with E-state index >= 15 is 0 Å². The van der Waals surface area contributed by atoms with Crippen LogP contribution in [0.4, 0.5) is 26.7 Å². The molecule has 1 atom stereocenters. The van der Waals surface area contributed by atoms with Crippen molar-refractivity contribution in [2.45, 2.75) is 19.4 Å². The molecule has 10 nitrogen and oxygen atoms in total. The van der Waals surface area contributed by atoms with Gasteiger partial charge in [0.25, 0.3) is 0 Å². The van der Waals surface area contributed by atoms with Crippen molar-refractivity contribution in [1.82, 2.24) is 4.98 Å². The number of carbonyl (C=O) groups excluding carboxylic acids is 2. The lowest BCUT2D eigenvalue weighted by Crippen LogP contribution is -2.52. The third-order valence-corrected chi connectivity index (χ3v) is 8.30. The molecular weight excluding hydrogens is 496 g/mol. The smallest absolute Gasteiger partial charge is 0.419 e. The molecule has 0 spiro atoms. The molecule has 2 aliphatic rings. The van der Waals surface area contributed by atoms with Crippen LogP contribution in [0.1, 0.15) is 13.3 Å². The van der Waals surface area contributed by atoms with Gasteiger partial charge in [0, 0.05) is 12.7 Å². The Bertz CT molecular complexity index is 1430. The summed E-state index contributed by atoms with van der Waals surface area (Å²) >= 11 is 0. The number of pyridine rings is 1. The maximum Gasteiger partial charge on any atom is 0.419 e. The minimum Gasteiger partial charge on any atom is -0.452 e. The van der Waals surface area contributed by atoms with Crippen molar-refractivity contribution in [2.75, 3.05) is 40.1 Å². The molecule has 0 saturated carbocycles. The number of nitrogens with zero attached hydrogens (tertiary/aromatic N) is 4. The fourth-order valence-electron chi connectivity index (χ4n) is 4.67. The Kier molecular flexibility index (Phi) is 6.46. The first-order valence-corrected chi connectivity index (χ1v) is 13.4. The second-order valence-electron chi connectivity index (χ2n) is 8.85. The highest BCUT2D eigenvalue weighted by molar-refractivity contribution is 7.93. The zero-order valence-electron chi connectivity index (χ0n) is 20.4. The number of anilines is 3.